The van der Waals surface area contributed by atoms with Crippen LogP contribution in [0.4, 0.5) is 0 Å². The van der Waals surface area contributed by atoms with Gasteiger partial charge in [0.1, 0.15) is 0 Å². The lowest BCUT2D eigenvalue weighted by molar-refractivity contribution is 0.464. The summed E-state index contributed by atoms with van der Waals surface area (Å²) in [5.41, 5.74) is 4.57. The van der Waals surface area contributed by atoms with Crippen LogP contribution in [0.15, 0.2) is 47.1 Å². The highest BCUT2D eigenvalue weighted by molar-refractivity contribution is 5.56. The van der Waals surface area contributed by atoms with Crippen molar-refractivity contribution in [2.45, 2.75) is 27.2 Å². The van der Waals surface area contributed by atoms with Crippen LogP contribution in [-0.4, -0.2) is 0 Å². The lowest BCUT2D eigenvalue weighted by Gasteiger charge is -2.24. The Hall–Kier alpha value is -1.04. The predicted octanol–water partition coefficient (Wildman–Crippen LogP) is 3.79. The molecule has 0 atom stereocenters. The van der Waals surface area contributed by atoms with Crippen molar-refractivity contribution in [1.29, 1.82) is 0 Å². The Balaban J connectivity index is 2.49. The minimum Gasteiger partial charge on any atom is -0.0837 e. The number of hydrogen-bond acceptors (Lipinski definition) is 0. The molecule has 0 N–H and O–H groups in total. The molecule has 0 aromatic carbocycles. The number of rotatable bonds is 0. The summed E-state index contributed by atoms with van der Waals surface area (Å²) in [6.07, 6.45) is 12.4. The van der Waals surface area contributed by atoms with Gasteiger partial charge in [-0.25, -0.2) is 0 Å². The Morgan fingerprint density at radius 2 is 2.00 bits per heavy atom. The Bertz CT molecular complexity index is 346. The molecule has 68 valence electrons. The first-order chi connectivity index (χ1) is 6.09. The van der Waals surface area contributed by atoms with Crippen LogP contribution in [0.5, 0.6) is 0 Å². The molecular weight excluding hydrogens is 156 g/mol. The van der Waals surface area contributed by atoms with Gasteiger partial charge in [0.2, 0.25) is 0 Å². The molecule has 0 radical (unpaired) electrons. The summed E-state index contributed by atoms with van der Waals surface area (Å²) in [6.45, 7) is 6.80. The molecule has 2 aliphatic carbocycles. The average molecular weight is 172 g/mol. The van der Waals surface area contributed by atoms with Gasteiger partial charge in [0, 0.05) is 0 Å². The molecule has 0 nitrogen and oxygen atoms in total. The maximum Gasteiger partial charge on any atom is -0.00630 e. The fourth-order valence-corrected chi connectivity index (χ4v) is 2.04. The minimum atomic E-state index is 0.299. The van der Waals surface area contributed by atoms with Crippen molar-refractivity contribution in [2.75, 3.05) is 0 Å². The normalized spacial score (nSPS) is 24.4. The molecule has 0 heterocycles. The lowest BCUT2D eigenvalue weighted by Crippen LogP contribution is -2.12. The summed E-state index contributed by atoms with van der Waals surface area (Å²) >= 11 is 0. The molecule has 0 aromatic rings. The lowest BCUT2D eigenvalue weighted by atomic mass is 9.79. The summed E-state index contributed by atoms with van der Waals surface area (Å²) in [6, 6.07) is 0. The Labute approximate surface area is 80.3 Å². The van der Waals surface area contributed by atoms with Crippen LogP contribution in [0.3, 0.4) is 0 Å². The van der Waals surface area contributed by atoms with Crippen LogP contribution in [0, 0.1) is 5.41 Å². The quantitative estimate of drug-likeness (QED) is 0.521. The van der Waals surface area contributed by atoms with E-state index in [1.165, 1.54) is 16.7 Å². The highest BCUT2D eigenvalue weighted by Gasteiger charge is 2.27. The third-order valence-corrected chi connectivity index (χ3v) is 2.84. The second-order valence-electron chi connectivity index (χ2n) is 4.58. The van der Waals surface area contributed by atoms with Gasteiger partial charge in [0.25, 0.3) is 0 Å². The third kappa shape index (κ3) is 1.41. The molecule has 0 bridgehead atoms. The monoisotopic (exact) mass is 172 g/mol. The van der Waals surface area contributed by atoms with Crippen LogP contribution >= 0.6 is 0 Å². The van der Waals surface area contributed by atoms with E-state index in [1.54, 1.807) is 0 Å². The van der Waals surface area contributed by atoms with Gasteiger partial charge in [-0.2, -0.15) is 0 Å². The first kappa shape index (κ1) is 8.55. The fraction of sp³-hybridized carbons (Fsp3) is 0.385. The summed E-state index contributed by atoms with van der Waals surface area (Å²) in [5, 5.41) is 0. The Morgan fingerprint density at radius 3 is 2.77 bits per heavy atom. The van der Waals surface area contributed by atoms with Gasteiger partial charge < -0.3 is 0 Å². The van der Waals surface area contributed by atoms with E-state index in [9.17, 15) is 0 Å². The maximum absolute atomic E-state index is 2.32. The van der Waals surface area contributed by atoms with Crippen molar-refractivity contribution >= 4 is 0 Å². The Kier molecular flexibility index (Phi) is 1.80. The van der Waals surface area contributed by atoms with E-state index >= 15 is 0 Å². The molecule has 2 rings (SSSR count). The average Bonchev–Trinajstić information content (AvgIpc) is 2.36. The summed E-state index contributed by atoms with van der Waals surface area (Å²) < 4.78 is 0. The van der Waals surface area contributed by atoms with E-state index in [2.05, 4.69) is 51.2 Å². The minimum absolute atomic E-state index is 0.299. The van der Waals surface area contributed by atoms with E-state index < -0.39 is 0 Å². The van der Waals surface area contributed by atoms with Crippen molar-refractivity contribution in [1.82, 2.24) is 0 Å². The maximum atomic E-state index is 2.32. The van der Waals surface area contributed by atoms with Gasteiger partial charge in [-0.15, -0.1) is 0 Å². The van der Waals surface area contributed by atoms with Crippen LogP contribution in [0.2, 0.25) is 0 Å². The van der Waals surface area contributed by atoms with E-state index in [4.69, 9.17) is 0 Å². The van der Waals surface area contributed by atoms with Crippen molar-refractivity contribution in [2.24, 2.45) is 5.41 Å². The molecule has 0 spiro atoms. The summed E-state index contributed by atoms with van der Waals surface area (Å²) in [4.78, 5) is 0. The second kappa shape index (κ2) is 2.73. The molecule has 0 fully saturated rings. The molecule has 0 aliphatic heterocycles. The molecule has 0 unspecified atom stereocenters. The zero-order chi connectivity index (χ0) is 9.47. The van der Waals surface area contributed by atoms with E-state index in [1.807, 2.05) is 0 Å². The number of allylic oxidation sites excluding steroid dienone is 8. The van der Waals surface area contributed by atoms with Crippen molar-refractivity contribution in [3.8, 4) is 0 Å². The SMILES string of the molecule is CC1=CC2=CC=CCC(C)(C)C2=C1. The standard InChI is InChI=1S/C13H16/c1-10-8-11-6-4-5-7-13(2,3)12(11)9-10/h4-6,8-9H,7H2,1-3H3. The summed E-state index contributed by atoms with van der Waals surface area (Å²) in [7, 11) is 0. The molecule has 0 saturated carbocycles. The van der Waals surface area contributed by atoms with Gasteiger partial charge in [-0.3, -0.25) is 0 Å². The van der Waals surface area contributed by atoms with E-state index in [-0.39, 0.29) is 0 Å². The van der Waals surface area contributed by atoms with Crippen LogP contribution in [0.1, 0.15) is 27.2 Å². The van der Waals surface area contributed by atoms with Crippen molar-refractivity contribution in [3.05, 3.63) is 47.1 Å². The topological polar surface area (TPSA) is 0 Å². The number of hydrogen-bond donors (Lipinski definition) is 0. The molecule has 13 heavy (non-hydrogen) atoms. The largest absolute Gasteiger partial charge is 0.0837 e. The van der Waals surface area contributed by atoms with Crippen LogP contribution in [0.25, 0.3) is 0 Å². The first-order valence-electron chi connectivity index (χ1n) is 4.87. The van der Waals surface area contributed by atoms with Gasteiger partial charge in [-0.05, 0) is 29.9 Å². The Morgan fingerprint density at radius 1 is 1.23 bits per heavy atom. The van der Waals surface area contributed by atoms with Crippen LogP contribution < -0.4 is 0 Å². The molecule has 0 heteroatoms. The first-order valence-corrected chi connectivity index (χ1v) is 4.87. The molecule has 0 amide bonds. The zero-order valence-electron chi connectivity index (χ0n) is 8.59. The van der Waals surface area contributed by atoms with E-state index in [0.717, 1.165) is 6.42 Å². The van der Waals surface area contributed by atoms with Gasteiger partial charge in [-0.1, -0.05) is 49.8 Å². The molecule has 0 saturated heterocycles. The zero-order valence-corrected chi connectivity index (χ0v) is 8.59. The molecule has 2 aliphatic rings. The smallest absolute Gasteiger partial charge is 0.00630 e. The van der Waals surface area contributed by atoms with Crippen molar-refractivity contribution < 1.29 is 0 Å². The predicted molar refractivity (Wildman–Crippen MR) is 57.5 cm³/mol. The highest BCUT2D eigenvalue weighted by atomic mass is 14.3. The van der Waals surface area contributed by atoms with Gasteiger partial charge >= 0.3 is 0 Å². The fourth-order valence-electron chi connectivity index (χ4n) is 2.04. The number of fused-ring (bicyclic) bond motifs is 1. The third-order valence-electron chi connectivity index (χ3n) is 2.84. The van der Waals surface area contributed by atoms with Crippen molar-refractivity contribution in [3.63, 3.8) is 0 Å². The summed E-state index contributed by atoms with van der Waals surface area (Å²) in [5.74, 6) is 0. The van der Waals surface area contributed by atoms with Gasteiger partial charge in [0.05, 0.1) is 0 Å². The van der Waals surface area contributed by atoms with Crippen LogP contribution in [-0.2, 0) is 0 Å². The van der Waals surface area contributed by atoms with E-state index in [0.29, 0.717) is 5.41 Å². The molecule has 0 aromatic heterocycles. The highest BCUT2D eigenvalue weighted by Crippen LogP contribution is 2.41. The van der Waals surface area contributed by atoms with Gasteiger partial charge in [0.15, 0.2) is 0 Å². The molecular formula is C13H16. The second-order valence-corrected chi connectivity index (χ2v) is 4.58.